The van der Waals surface area contributed by atoms with E-state index in [-0.39, 0.29) is 43.6 Å². The van der Waals surface area contributed by atoms with Crippen LogP contribution in [0.4, 0.5) is 11.4 Å². The van der Waals surface area contributed by atoms with E-state index in [2.05, 4.69) is 10.2 Å². The Balaban J connectivity index is 2.50. The molecule has 11 nitrogen and oxygen atoms in total. The van der Waals surface area contributed by atoms with Gasteiger partial charge >= 0.3 is 5.97 Å². The number of hydrogen-bond donors (Lipinski definition) is 4. The number of aromatic carboxylic acids is 1. The third-order valence-corrected chi connectivity index (χ3v) is 4.57. The molecule has 0 saturated heterocycles. The number of carboxylic acid groups (broad SMARTS) is 1. The fourth-order valence-corrected chi connectivity index (χ4v) is 2.86. The minimum absolute atomic E-state index is 0.0256. The van der Waals surface area contributed by atoms with Gasteiger partial charge in [0.2, 0.25) is 0 Å². The summed E-state index contributed by atoms with van der Waals surface area (Å²) in [6.45, 7) is 1.28. The molecule has 0 aliphatic carbocycles. The summed E-state index contributed by atoms with van der Waals surface area (Å²) in [5, 5.41) is 35.1. The van der Waals surface area contributed by atoms with E-state index in [4.69, 9.17) is 24.2 Å². The Kier molecular flexibility index (Phi) is 7.83. The molecule has 4 N–H and O–H groups in total. The highest BCUT2D eigenvalue weighted by Crippen LogP contribution is 2.36. The number of ether oxygens (including phenoxy) is 2. The van der Waals surface area contributed by atoms with Crippen LogP contribution >= 0.6 is 0 Å². The maximum absolute atomic E-state index is 11.5. The molecule has 0 bridgehead atoms. The van der Waals surface area contributed by atoms with Crippen LogP contribution in [0.15, 0.2) is 45.5 Å². The molecule has 0 aromatic heterocycles. The van der Waals surface area contributed by atoms with Crippen molar-refractivity contribution in [2.75, 3.05) is 26.4 Å². The molecule has 0 fully saturated rings. The van der Waals surface area contributed by atoms with Gasteiger partial charge in [0.25, 0.3) is 10.1 Å². The van der Waals surface area contributed by atoms with Crippen molar-refractivity contribution in [2.24, 2.45) is 10.2 Å². The Hall–Kier alpha value is -3.06. The summed E-state index contributed by atoms with van der Waals surface area (Å²) in [5.41, 5.74) is 0.160. The molecular formula is C18H20N2O9S. The second kappa shape index (κ2) is 10.1. The highest BCUT2D eigenvalue weighted by Gasteiger charge is 2.17. The van der Waals surface area contributed by atoms with Crippen LogP contribution in [-0.4, -0.2) is 60.7 Å². The van der Waals surface area contributed by atoms with Gasteiger partial charge in [-0.1, -0.05) is 0 Å². The quantitative estimate of drug-likeness (QED) is 0.318. The normalized spacial score (nSPS) is 11.6. The number of carboxylic acids is 1. The van der Waals surface area contributed by atoms with Crippen LogP contribution in [0.1, 0.15) is 15.9 Å². The van der Waals surface area contributed by atoms with Gasteiger partial charge in [0.1, 0.15) is 36.1 Å². The monoisotopic (exact) mass is 440 g/mol. The maximum atomic E-state index is 11.5. The number of aryl methyl sites for hydroxylation is 1. The number of nitrogens with zero attached hydrogens (tertiary/aromatic N) is 2. The summed E-state index contributed by atoms with van der Waals surface area (Å²) in [6, 6.07) is 5.89. The van der Waals surface area contributed by atoms with E-state index in [9.17, 15) is 18.3 Å². The third kappa shape index (κ3) is 5.97. The average Bonchev–Trinajstić information content (AvgIpc) is 2.69. The molecule has 0 amide bonds. The van der Waals surface area contributed by atoms with Crippen molar-refractivity contribution >= 4 is 27.5 Å². The fraction of sp³-hybridized carbons (Fsp3) is 0.278. The maximum Gasteiger partial charge on any atom is 0.338 e. The summed E-state index contributed by atoms with van der Waals surface area (Å²) in [6.07, 6.45) is 0. The van der Waals surface area contributed by atoms with E-state index in [0.29, 0.717) is 11.3 Å². The molecule has 12 heteroatoms. The lowest BCUT2D eigenvalue weighted by Crippen LogP contribution is -2.05. The van der Waals surface area contributed by atoms with Crippen molar-refractivity contribution in [2.45, 2.75) is 11.8 Å². The van der Waals surface area contributed by atoms with Crippen molar-refractivity contribution in [1.29, 1.82) is 0 Å². The molecule has 2 aromatic carbocycles. The predicted molar refractivity (Wildman–Crippen MR) is 104 cm³/mol. The Labute approximate surface area is 172 Å². The molecule has 2 rings (SSSR count). The summed E-state index contributed by atoms with van der Waals surface area (Å²) in [5.74, 6) is -0.843. The van der Waals surface area contributed by atoms with Crippen LogP contribution in [-0.2, 0) is 10.1 Å². The zero-order chi connectivity index (χ0) is 22.3. The van der Waals surface area contributed by atoms with E-state index in [1.54, 1.807) is 13.0 Å². The van der Waals surface area contributed by atoms with Gasteiger partial charge in [-0.2, -0.15) is 8.42 Å². The first kappa shape index (κ1) is 23.2. The first-order valence-electron chi connectivity index (χ1n) is 8.56. The summed E-state index contributed by atoms with van der Waals surface area (Å²) in [7, 11) is -4.60. The van der Waals surface area contributed by atoms with Gasteiger partial charge in [-0.05, 0) is 36.8 Å². The molecule has 0 saturated carbocycles. The van der Waals surface area contributed by atoms with Gasteiger partial charge in [-0.25, -0.2) is 4.79 Å². The van der Waals surface area contributed by atoms with E-state index < -0.39 is 26.5 Å². The number of hydrogen-bond acceptors (Lipinski definition) is 9. The van der Waals surface area contributed by atoms with Crippen LogP contribution in [0.3, 0.4) is 0 Å². The minimum atomic E-state index is -4.60. The molecule has 0 heterocycles. The predicted octanol–water partition coefficient (Wildman–Crippen LogP) is 2.10. The van der Waals surface area contributed by atoms with E-state index >= 15 is 0 Å². The molecule has 162 valence electrons. The van der Waals surface area contributed by atoms with Gasteiger partial charge in [0, 0.05) is 6.07 Å². The molecule has 30 heavy (non-hydrogen) atoms. The van der Waals surface area contributed by atoms with E-state index in [1.165, 1.54) is 6.07 Å². The highest BCUT2D eigenvalue weighted by atomic mass is 32.2. The second-order valence-corrected chi connectivity index (χ2v) is 7.31. The molecule has 2 aromatic rings. The van der Waals surface area contributed by atoms with Crippen LogP contribution < -0.4 is 9.47 Å². The largest absolute Gasteiger partial charge is 0.491 e. The number of aliphatic hydroxyl groups excluding tert-OH is 2. The Morgan fingerprint density at radius 1 is 0.967 bits per heavy atom. The number of rotatable bonds is 10. The second-order valence-electron chi connectivity index (χ2n) is 5.89. The lowest BCUT2D eigenvalue weighted by atomic mass is 10.2. The van der Waals surface area contributed by atoms with Crippen molar-refractivity contribution < 1.29 is 42.6 Å². The fourth-order valence-electron chi connectivity index (χ4n) is 2.35. The Bertz CT molecular complexity index is 1050. The Morgan fingerprint density at radius 3 is 2.13 bits per heavy atom. The lowest BCUT2D eigenvalue weighted by Gasteiger charge is -2.13. The van der Waals surface area contributed by atoms with Crippen molar-refractivity contribution in [3.05, 3.63) is 41.5 Å². The molecular weight excluding hydrogens is 420 g/mol. The number of carbonyl (C=O) groups is 1. The van der Waals surface area contributed by atoms with E-state index in [1.807, 2.05) is 0 Å². The van der Waals surface area contributed by atoms with Crippen LogP contribution in [0, 0.1) is 6.92 Å². The summed E-state index contributed by atoms with van der Waals surface area (Å²) >= 11 is 0. The molecule has 0 aliphatic rings. The first-order chi connectivity index (χ1) is 14.2. The average molecular weight is 440 g/mol. The zero-order valence-corrected chi connectivity index (χ0v) is 16.7. The van der Waals surface area contributed by atoms with Crippen molar-refractivity contribution in [3.8, 4) is 11.5 Å². The number of benzene rings is 2. The number of azo groups is 1. The molecule has 0 aliphatic heterocycles. The topological polar surface area (TPSA) is 175 Å². The summed E-state index contributed by atoms with van der Waals surface area (Å²) < 4.78 is 42.4. The summed E-state index contributed by atoms with van der Waals surface area (Å²) in [4.78, 5) is 10.9. The van der Waals surface area contributed by atoms with E-state index in [0.717, 1.165) is 18.2 Å². The van der Waals surface area contributed by atoms with Gasteiger partial charge in [-0.3, -0.25) is 4.55 Å². The molecule has 0 unspecified atom stereocenters. The minimum Gasteiger partial charge on any atom is -0.491 e. The van der Waals surface area contributed by atoms with Crippen LogP contribution in [0.25, 0.3) is 0 Å². The zero-order valence-electron chi connectivity index (χ0n) is 15.8. The van der Waals surface area contributed by atoms with Crippen LogP contribution in [0.2, 0.25) is 0 Å². The van der Waals surface area contributed by atoms with Crippen molar-refractivity contribution in [3.63, 3.8) is 0 Å². The molecule has 0 spiro atoms. The SMILES string of the molecule is Cc1cc(OCCO)c(N=Nc2ccc(S(=O)(=O)O)cc2C(=O)O)cc1OCCO. The van der Waals surface area contributed by atoms with Crippen LogP contribution in [0.5, 0.6) is 11.5 Å². The smallest absolute Gasteiger partial charge is 0.338 e. The first-order valence-corrected chi connectivity index (χ1v) is 10.00. The highest BCUT2D eigenvalue weighted by molar-refractivity contribution is 7.85. The number of aliphatic hydroxyl groups is 2. The molecule has 0 radical (unpaired) electrons. The van der Waals surface area contributed by atoms with Gasteiger partial charge in [0.05, 0.1) is 23.7 Å². The van der Waals surface area contributed by atoms with Gasteiger partial charge in [0.15, 0.2) is 0 Å². The molecule has 0 atom stereocenters. The standard InChI is InChI=1S/C18H20N2O9S/c1-11-8-17(29-7-5-22)15(10-16(11)28-6-4-21)20-19-14-3-2-12(30(25,26)27)9-13(14)18(23)24/h2-3,8-10,21-22H,4-7H2,1H3,(H,23,24)(H,25,26,27). The third-order valence-electron chi connectivity index (χ3n) is 3.72. The Morgan fingerprint density at radius 2 is 1.57 bits per heavy atom. The van der Waals surface area contributed by atoms with Gasteiger partial charge in [-0.15, -0.1) is 10.2 Å². The lowest BCUT2D eigenvalue weighted by molar-refractivity contribution is 0.0697. The van der Waals surface area contributed by atoms with Crippen molar-refractivity contribution in [1.82, 2.24) is 0 Å². The van der Waals surface area contributed by atoms with Gasteiger partial charge < -0.3 is 24.8 Å².